The summed E-state index contributed by atoms with van der Waals surface area (Å²) in [5.41, 5.74) is 0.284. The molecule has 0 spiro atoms. The monoisotopic (exact) mass is 282 g/mol. The lowest BCUT2D eigenvalue weighted by atomic mass is 10.3. The number of nitriles is 1. The number of aromatic nitrogens is 1. The Morgan fingerprint density at radius 3 is 2.76 bits per heavy atom. The van der Waals surface area contributed by atoms with E-state index in [0.29, 0.717) is 24.1 Å². The van der Waals surface area contributed by atoms with E-state index in [1.54, 1.807) is 18.4 Å². The highest BCUT2D eigenvalue weighted by atomic mass is 16.4. The number of anilines is 1. The zero-order valence-electron chi connectivity index (χ0n) is 11.5. The topological polar surface area (TPSA) is 69.4 Å². The molecule has 106 valence electrons. The van der Waals surface area contributed by atoms with Crippen LogP contribution in [0.1, 0.15) is 5.69 Å². The second-order valence-corrected chi connectivity index (χ2v) is 4.73. The van der Waals surface area contributed by atoms with E-state index >= 15 is 0 Å². The smallest absolute Gasteiger partial charge is 0.266 e. The molecule has 2 aromatic rings. The van der Waals surface area contributed by atoms with Gasteiger partial charge in [-0.15, -0.1) is 6.42 Å². The average molecular weight is 282 g/mol. The molecule has 3 heterocycles. The molecule has 0 saturated carbocycles. The van der Waals surface area contributed by atoms with Crippen LogP contribution >= 0.6 is 0 Å². The van der Waals surface area contributed by atoms with E-state index in [9.17, 15) is 5.26 Å². The third kappa shape index (κ3) is 2.62. The van der Waals surface area contributed by atoms with E-state index in [0.717, 1.165) is 26.2 Å². The van der Waals surface area contributed by atoms with E-state index in [1.165, 1.54) is 0 Å². The molecule has 2 aromatic heterocycles. The van der Waals surface area contributed by atoms with Gasteiger partial charge in [0.1, 0.15) is 6.07 Å². The summed E-state index contributed by atoms with van der Waals surface area (Å²) in [6, 6.07) is 5.58. The SMILES string of the molecule is C#CCN1CCN(c2oc(-c3ccco3)nc2C#N)CC1. The van der Waals surface area contributed by atoms with Gasteiger partial charge < -0.3 is 13.7 Å². The minimum atomic E-state index is 0.284. The summed E-state index contributed by atoms with van der Waals surface area (Å²) < 4.78 is 11.0. The second kappa shape index (κ2) is 5.74. The molecule has 0 aliphatic carbocycles. The first-order chi connectivity index (χ1) is 10.3. The Labute approximate surface area is 122 Å². The molecule has 0 atom stereocenters. The maximum absolute atomic E-state index is 9.23. The highest BCUT2D eigenvalue weighted by Gasteiger charge is 2.24. The fourth-order valence-electron chi connectivity index (χ4n) is 2.34. The highest BCUT2D eigenvalue weighted by Crippen LogP contribution is 2.28. The van der Waals surface area contributed by atoms with Crippen LogP contribution in [-0.2, 0) is 0 Å². The standard InChI is InChI=1S/C15H14N4O2/c1-2-5-18-6-8-19(9-7-18)15-12(11-16)17-14(21-15)13-4-3-10-20-13/h1,3-4,10H,5-9H2. The normalized spacial score (nSPS) is 15.6. The molecule has 6 nitrogen and oxygen atoms in total. The molecular formula is C15H14N4O2. The number of furan rings is 1. The Kier molecular flexibility index (Phi) is 3.63. The Hall–Kier alpha value is -2.70. The molecule has 0 radical (unpaired) electrons. The number of oxazole rings is 1. The number of hydrogen-bond donors (Lipinski definition) is 0. The van der Waals surface area contributed by atoms with Gasteiger partial charge in [0, 0.05) is 26.2 Å². The van der Waals surface area contributed by atoms with Crippen LogP contribution in [0.5, 0.6) is 0 Å². The molecule has 1 aliphatic heterocycles. The van der Waals surface area contributed by atoms with Gasteiger partial charge in [-0.05, 0) is 12.1 Å². The van der Waals surface area contributed by atoms with Gasteiger partial charge in [-0.25, -0.2) is 0 Å². The van der Waals surface area contributed by atoms with Crippen molar-refractivity contribution in [1.82, 2.24) is 9.88 Å². The predicted molar refractivity (Wildman–Crippen MR) is 76.4 cm³/mol. The average Bonchev–Trinajstić information content (AvgIpc) is 3.17. The summed E-state index contributed by atoms with van der Waals surface area (Å²) >= 11 is 0. The maximum Gasteiger partial charge on any atom is 0.266 e. The van der Waals surface area contributed by atoms with Crippen LogP contribution in [0.2, 0.25) is 0 Å². The van der Waals surface area contributed by atoms with E-state index < -0.39 is 0 Å². The first kappa shape index (κ1) is 13.3. The fraction of sp³-hybridized carbons (Fsp3) is 0.333. The molecule has 1 saturated heterocycles. The quantitative estimate of drug-likeness (QED) is 0.796. The molecule has 0 N–H and O–H groups in total. The molecule has 21 heavy (non-hydrogen) atoms. The molecule has 1 fully saturated rings. The third-order valence-corrected chi connectivity index (χ3v) is 3.42. The minimum absolute atomic E-state index is 0.284. The highest BCUT2D eigenvalue weighted by molar-refractivity contribution is 5.55. The summed E-state index contributed by atoms with van der Waals surface area (Å²) in [6.45, 7) is 3.83. The van der Waals surface area contributed by atoms with Gasteiger partial charge in [-0.1, -0.05) is 5.92 Å². The molecule has 0 unspecified atom stereocenters. The number of terminal acetylenes is 1. The zero-order valence-corrected chi connectivity index (χ0v) is 11.5. The predicted octanol–water partition coefficient (Wildman–Crippen LogP) is 1.56. The molecule has 6 heteroatoms. The number of piperazine rings is 1. The zero-order chi connectivity index (χ0) is 14.7. The van der Waals surface area contributed by atoms with E-state index in [2.05, 4.69) is 21.9 Å². The molecule has 3 rings (SSSR count). The molecular weight excluding hydrogens is 268 g/mol. The Morgan fingerprint density at radius 2 is 2.14 bits per heavy atom. The summed E-state index contributed by atoms with van der Waals surface area (Å²) in [5, 5.41) is 9.23. The summed E-state index contributed by atoms with van der Waals surface area (Å²) in [5.74, 6) is 4.00. The van der Waals surface area contributed by atoms with Crippen molar-refractivity contribution in [3.63, 3.8) is 0 Å². The Bertz CT molecular complexity index is 682. The van der Waals surface area contributed by atoms with Crippen molar-refractivity contribution in [2.45, 2.75) is 0 Å². The van der Waals surface area contributed by atoms with Gasteiger partial charge in [0.2, 0.25) is 11.6 Å². The van der Waals surface area contributed by atoms with Crippen molar-refractivity contribution in [2.24, 2.45) is 0 Å². The van der Waals surface area contributed by atoms with Crippen molar-refractivity contribution in [2.75, 3.05) is 37.6 Å². The van der Waals surface area contributed by atoms with Crippen molar-refractivity contribution in [3.05, 3.63) is 24.1 Å². The van der Waals surface area contributed by atoms with Gasteiger partial charge in [0.05, 0.1) is 12.8 Å². The van der Waals surface area contributed by atoms with Crippen molar-refractivity contribution in [1.29, 1.82) is 5.26 Å². The Balaban J connectivity index is 1.80. The lowest BCUT2D eigenvalue weighted by molar-refractivity contribution is 0.283. The van der Waals surface area contributed by atoms with Crippen LogP contribution in [0, 0.1) is 23.7 Å². The molecule has 0 bridgehead atoms. The minimum Gasteiger partial charge on any atom is -0.459 e. The summed E-state index contributed by atoms with van der Waals surface area (Å²) in [6.07, 6.45) is 6.87. The lowest BCUT2D eigenvalue weighted by Gasteiger charge is -2.33. The fourth-order valence-corrected chi connectivity index (χ4v) is 2.34. The summed E-state index contributed by atoms with van der Waals surface area (Å²) in [7, 11) is 0. The maximum atomic E-state index is 9.23. The molecule has 0 amide bonds. The van der Waals surface area contributed by atoms with Crippen LogP contribution in [0.25, 0.3) is 11.7 Å². The van der Waals surface area contributed by atoms with Crippen LogP contribution in [0.15, 0.2) is 27.2 Å². The van der Waals surface area contributed by atoms with Crippen LogP contribution < -0.4 is 4.90 Å². The molecule has 1 aliphatic rings. The summed E-state index contributed by atoms with van der Waals surface area (Å²) in [4.78, 5) is 8.40. The van der Waals surface area contributed by atoms with Gasteiger partial charge >= 0.3 is 0 Å². The third-order valence-electron chi connectivity index (χ3n) is 3.42. The molecule has 0 aromatic carbocycles. The first-order valence-electron chi connectivity index (χ1n) is 6.67. The van der Waals surface area contributed by atoms with Crippen molar-refractivity contribution >= 4 is 5.88 Å². The number of hydrogen-bond acceptors (Lipinski definition) is 6. The van der Waals surface area contributed by atoms with Gasteiger partial charge in [0.25, 0.3) is 5.89 Å². The van der Waals surface area contributed by atoms with Gasteiger partial charge in [-0.3, -0.25) is 4.90 Å². The van der Waals surface area contributed by atoms with Crippen molar-refractivity contribution < 1.29 is 8.83 Å². The van der Waals surface area contributed by atoms with Crippen molar-refractivity contribution in [3.8, 4) is 30.1 Å². The van der Waals surface area contributed by atoms with E-state index in [4.69, 9.17) is 15.3 Å². The van der Waals surface area contributed by atoms with E-state index in [-0.39, 0.29) is 5.69 Å². The lowest BCUT2D eigenvalue weighted by Crippen LogP contribution is -2.46. The first-order valence-corrected chi connectivity index (χ1v) is 6.67. The number of rotatable bonds is 3. The van der Waals surface area contributed by atoms with Gasteiger partial charge in [-0.2, -0.15) is 10.2 Å². The van der Waals surface area contributed by atoms with E-state index in [1.807, 2.05) is 4.90 Å². The largest absolute Gasteiger partial charge is 0.459 e. The van der Waals surface area contributed by atoms with Crippen LogP contribution in [0.3, 0.4) is 0 Å². The van der Waals surface area contributed by atoms with Crippen LogP contribution in [0.4, 0.5) is 5.88 Å². The van der Waals surface area contributed by atoms with Crippen LogP contribution in [-0.4, -0.2) is 42.6 Å². The van der Waals surface area contributed by atoms with Gasteiger partial charge in [0.15, 0.2) is 5.76 Å². The second-order valence-electron chi connectivity index (χ2n) is 4.73. The number of nitrogens with zero attached hydrogens (tertiary/aromatic N) is 4. The Morgan fingerprint density at radius 1 is 1.33 bits per heavy atom.